The molecule has 1 aromatic heterocycles. The highest BCUT2D eigenvalue weighted by atomic mass is 16.7. The number of aliphatic hydroxyl groups excluding tert-OH is 2. The summed E-state index contributed by atoms with van der Waals surface area (Å²) in [5, 5.41) is 24.9. The summed E-state index contributed by atoms with van der Waals surface area (Å²) in [7, 11) is 0. The number of amides is 1. The standard InChI is InChI=1S/C54H67N3O9/c1-4-27-57(53(60)62-32-31-61-36-40-18-8-6-9-19-40)50-35-48(56-65-37-41-20-10-7-11-21-41)46-33-42(22-12-14-28-58)45(24-13-15-29-59)51-47-34-44(63-38-43-23-16-17-39(3)55-43)25-26-49(47)66-54(50,52(46)51)64-30-5-2/h5-11,16-21,23,25-26,33-34,42,45,50-52,58-59H,2,4,12-15,22,24,27-32,35-38H2,1,3H3/t42-,45+,50-,51+,52+,54+/m0/s1. The van der Waals surface area contributed by atoms with Crippen LogP contribution in [0.1, 0.15) is 92.3 Å². The van der Waals surface area contributed by atoms with Gasteiger partial charge < -0.3 is 38.7 Å². The van der Waals surface area contributed by atoms with Crippen LogP contribution in [0.25, 0.3) is 0 Å². The number of benzene rings is 3. The summed E-state index contributed by atoms with van der Waals surface area (Å²) in [5.41, 5.74) is 6.41. The third-order valence-electron chi connectivity index (χ3n) is 12.9. The maximum atomic E-state index is 14.6. The fraction of sp³-hybridized carbons (Fsp3) is 0.463. The molecule has 1 fully saturated rings. The molecule has 352 valence electrons. The lowest BCUT2D eigenvalue weighted by atomic mass is 9.55. The molecule has 2 heterocycles. The molecule has 3 aliphatic rings. The minimum absolute atomic E-state index is 0.0600. The number of aryl methyl sites for hydroxylation is 1. The van der Waals surface area contributed by atoms with Gasteiger partial charge in [0.1, 0.15) is 37.4 Å². The van der Waals surface area contributed by atoms with Crippen molar-refractivity contribution in [2.45, 2.75) is 103 Å². The fourth-order valence-electron chi connectivity index (χ4n) is 9.98. The van der Waals surface area contributed by atoms with Crippen molar-refractivity contribution in [3.8, 4) is 11.5 Å². The average molecular weight is 902 g/mol. The highest BCUT2D eigenvalue weighted by Crippen LogP contribution is 2.62. The quantitative estimate of drug-likeness (QED) is 0.0375. The summed E-state index contributed by atoms with van der Waals surface area (Å²) < 4.78 is 32.9. The number of carbonyl (C=O) groups excluding carboxylic acids is 1. The van der Waals surface area contributed by atoms with E-state index in [0.717, 1.165) is 65.0 Å². The van der Waals surface area contributed by atoms with Crippen molar-refractivity contribution < 1.29 is 43.5 Å². The molecule has 1 aliphatic heterocycles. The van der Waals surface area contributed by atoms with Gasteiger partial charge in [0.15, 0.2) is 0 Å². The number of aromatic nitrogens is 1. The van der Waals surface area contributed by atoms with E-state index in [-0.39, 0.29) is 63.8 Å². The zero-order valence-corrected chi connectivity index (χ0v) is 38.6. The number of ether oxygens (including phenoxy) is 5. The average Bonchev–Trinajstić information content (AvgIpc) is 3.34. The summed E-state index contributed by atoms with van der Waals surface area (Å²) in [6, 6.07) is 31.0. The molecular formula is C54H67N3O9. The number of oxime groups is 1. The minimum atomic E-state index is -1.41. The lowest BCUT2D eigenvalue weighted by Gasteiger charge is -2.59. The third-order valence-corrected chi connectivity index (χ3v) is 12.9. The molecule has 0 spiro atoms. The Labute approximate surface area is 390 Å². The second kappa shape index (κ2) is 24.3. The number of unbranched alkanes of at least 4 members (excludes halogenated alkanes) is 2. The number of pyridine rings is 1. The van der Waals surface area contributed by atoms with Gasteiger partial charge in [0.2, 0.25) is 5.79 Å². The molecule has 2 aliphatic carbocycles. The van der Waals surface area contributed by atoms with E-state index in [1.165, 1.54) is 0 Å². The number of hydrogen-bond acceptors (Lipinski definition) is 11. The maximum Gasteiger partial charge on any atom is 0.410 e. The first-order chi connectivity index (χ1) is 32.4. The van der Waals surface area contributed by atoms with Crippen molar-refractivity contribution in [3.63, 3.8) is 0 Å². The van der Waals surface area contributed by atoms with Gasteiger partial charge in [-0.3, -0.25) is 9.88 Å². The van der Waals surface area contributed by atoms with Crippen molar-refractivity contribution in [2.24, 2.45) is 22.9 Å². The number of aliphatic hydroxyl groups is 2. The molecular weight excluding hydrogens is 835 g/mol. The molecule has 0 saturated heterocycles. The Balaban J connectivity index is 1.33. The molecule has 12 nitrogen and oxygen atoms in total. The van der Waals surface area contributed by atoms with E-state index in [2.05, 4.69) is 23.7 Å². The Morgan fingerprint density at radius 2 is 1.65 bits per heavy atom. The molecule has 12 heteroatoms. The predicted molar refractivity (Wildman–Crippen MR) is 254 cm³/mol. The van der Waals surface area contributed by atoms with Gasteiger partial charge >= 0.3 is 6.09 Å². The Morgan fingerprint density at radius 1 is 0.909 bits per heavy atom. The summed E-state index contributed by atoms with van der Waals surface area (Å²) in [6.07, 6.45) is 9.11. The molecule has 66 heavy (non-hydrogen) atoms. The first-order valence-electron chi connectivity index (χ1n) is 23.7. The van der Waals surface area contributed by atoms with Crippen molar-refractivity contribution in [1.82, 2.24) is 9.88 Å². The molecule has 1 saturated carbocycles. The predicted octanol–water partition coefficient (Wildman–Crippen LogP) is 9.87. The van der Waals surface area contributed by atoms with Gasteiger partial charge in [0, 0.05) is 43.4 Å². The molecule has 0 radical (unpaired) electrons. The lowest BCUT2D eigenvalue weighted by Crippen LogP contribution is -2.70. The minimum Gasteiger partial charge on any atom is -0.487 e. The van der Waals surface area contributed by atoms with Crippen LogP contribution in [0.15, 0.2) is 127 Å². The highest BCUT2D eigenvalue weighted by molar-refractivity contribution is 6.03. The Morgan fingerprint density at radius 3 is 2.36 bits per heavy atom. The van der Waals surface area contributed by atoms with E-state index in [1.54, 1.807) is 11.0 Å². The van der Waals surface area contributed by atoms with Crippen LogP contribution in [0.2, 0.25) is 0 Å². The molecule has 3 aromatic carbocycles. The molecule has 1 amide bonds. The van der Waals surface area contributed by atoms with Crippen molar-refractivity contribution in [2.75, 3.05) is 39.6 Å². The monoisotopic (exact) mass is 901 g/mol. The number of fused-ring (bicyclic) bond motifs is 2. The molecule has 6 atom stereocenters. The highest BCUT2D eigenvalue weighted by Gasteiger charge is 2.65. The van der Waals surface area contributed by atoms with Gasteiger partial charge in [-0.05, 0) is 97.9 Å². The number of hydrogen-bond donors (Lipinski definition) is 2. The van der Waals surface area contributed by atoms with Crippen LogP contribution in [0, 0.1) is 24.7 Å². The van der Waals surface area contributed by atoms with Crippen molar-refractivity contribution >= 4 is 11.8 Å². The SMILES string of the molecule is C=CCO[C@@]12Oc3ccc(OCc4cccc(C)n4)cc3[C@H]3[C@H](CCCCO)[C@@H](CCCCO)C=C(C(=NOCc4ccccc4)C[C@@H]1N(CCC)C(=O)OCCOCc1ccccc1)[C@H]32. The second-order valence-corrected chi connectivity index (χ2v) is 17.4. The number of rotatable bonds is 25. The molecule has 0 bridgehead atoms. The van der Waals surface area contributed by atoms with E-state index < -0.39 is 23.8 Å². The summed E-state index contributed by atoms with van der Waals surface area (Å²) >= 11 is 0. The van der Waals surface area contributed by atoms with Crippen LogP contribution in [0.4, 0.5) is 4.79 Å². The van der Waals surface area contributed by atoms with Crippen LogP contribution in [0.3, 0.4) is 0 Å². The Hall–Kier alpha value is -5.53. The van der Waals surface area contributed by atoms with Crippen LogP contribution in [-0.4, -0.2) is 83.3 Å². The van der Waals surface area contributed by atoms with E-state index >= 15 is 0 Å². The van der Waals surface area contributed by atoms with E-state index in [0.29, 0.717) is 50.5 Å². The smallest absolute Gasteiger partial charge is 0.410 e. The van der Waals surface area contributed by atoms with Gasteiger partial charge in [-0.15, -0.1) is 6.58 Å². The van der Waals surface area contributed by atoms with E-state index in [1.807, 2.05) is 105 Å². The lowest BCUT2D eigenvalue weighted by molar-refractivity contribution is -0.255. The number of carbonyl (C=O) groups is 1. The molecule has 0 unspecified atom stereocenters. The zero-order valence-electron chi connectivity index (χ0n) is 38.6. The third kappa shape index (κ3) is 11.9. The van der Waals surface area contributed by atoms with Crippen molar-refractivity contribution in [1.29, 1.82) is 0 Å². The van der Waals surface area contributed by atoms with Gasteiger partial charge in [-0.1, -0.05) is 104 Å². The normalized spacial score (nSPS) is 22.3. The van der Waals surface area contributed by atoms with Gasteiger partial charge in [0.05, 0.1) is 37.1 Å². The van der Waals surface area contributed by atoms with E-state index in [4.69, 9.17) is 33.7 Å². The first kappa shape index (κ1) is 48.4. The summed E-state index contributed by atoms with van der Waals surface area (Å²) in [5.74, 6) is -0.609. The van der Waals surface area contributed by atoms with Crippen LogP contribution in [-0.2, 0) is 38.9 Å². The van der Waals surface area contributed by atoms with Gasteiger partial charge in [-0.2, -0.15) is 0 Å². The molecule has 7 rings (SSSR count). The van der Waals surface area contributed by atoms with Crippen LogP contribution in [0.5, 0.6) is 11.5 Å². The Bertz CT molecular complexity index is 2220. The summed E-state index contributed by atoms with van der Waals surface area (Å²) in [6.45, 7) is 10.0. The zero-order chi connectivity index (χ0) is 46.1. The topological polar surface area (TPSA) is 141 Å². The number of nitrogens with zero attached hydrogens (tertiary/aromatic N) is 3. The second-order valence-electron chi connectivity index (χ2n) is 17.4. The Kier molecular flexibility index (Phi) is 17.8. The fourth-order valence-corrected chi connectivity index (χ4v) is 9.98. The largest absolute Gasteiger partial charge is 0.487 e. The van der Waals surface area contributed by atoms with Crippen LogP contribution >= 0.6 is 0 Å². The first-order valence-corrected chi connectivity index (χ1v) is 23.7. The maximum absolute atomic E-state index is 14.6. The molecule has 4 aromatic rings. The van der Waals surface area contributed by atoms with Gasteiger partial charge in [-0.25, -0.2) is 4.79 Å². The van der Waals surface area contributed by atoms with Crippen molar-refractivity contribution in [3.05, 3.63) is 149 Å². The number of allylic oxidation sites excluding steroid dienone is 1. The van der Waals surface area contributed by atoms with Crippen LogP contribution < -0.4 is 9.47 Å². The molecule has 2 N–H and O–H groups in total. The summed E-state index contributed by atoms with van der Waals surface area (Å²) in [4.78, 5) is 27.3. The van der Waals surface area contributed by atoms with E-state index in [9.17, 15) is 15.0 Å². The van der Waals surface area contributed by atoms with Gasteiger partial charge in [0.25, 0.3) is 0 Å².